The van der Waals surface area contributed by atoms with Crippen LogP contribution in [0.15, 0.2) is 48.5 Å². The van der Waals surface area contributed by atoms with Gasteiger partial charge in [-0.25, -0.2) is 4.39 Å². The van der Waals surface area contributed by atoms with Crippen molar-refractivity contribution in [2.24, 2.45) is 0 Å². The molecule has 1 aliphatic carbocycles. The number of hydrogen-bond acceptors (Lipinski definition) is 2. The van der Waals surface area contributed by atoms with Crippen LogP contribution in [0.25, 0.3) is 0 Å². The summed E-state index contributed by atoms with van der Waals surface area (Å²) in [6.45, 7) is 0. The molecule has 1 fully saturated rings. The fourth-order valence-electron chi connectivity index (χ4n) is 3.48. The van der Waals surface area contributed by atoms with E-state index in [0.717, 1.165) is 44.2 Å². The average molecular weight is 394 g/mol. The second kappa shape index (κ2) is 8.63. The highest BCUT2D eigenvalue weighted by atomic mass is 19.4. The lowest BCUT2D eigenvalue weighted by Crippen LogP contribution is -2.41. The molecule has 1 aliphatic rings. The van der Waals surface area contributed by atoms with E-state index in [1.165, 1.54) is 30.3 Å². The molecule has 3 rings (SSSR count). The van der Waals surface area contributed by atoms with Gasteiger partial charge < -0.3 is 10.6 Å². The smallest absolute Gasteiger partial charge is 0.370 e. The Kier molecular flexibility index (Phi) is 6.21. The number of carbonyl (C=O) groups is 1. The van der Waals surface area contributed by atoms with Gasteiger partial charge in [0.25, 0.3) is 0 Å². The summed E-state index contributed by atoms with van der Waals surface area (Å²) in [4.78, 5) is 12.9. The molecule has 1 atom stereocenters. The second-order valence-corrected chi connectivity index (χ2v) is 7.02. The Morgan fingerprint density at radius 1 is 1.00 bits per heavy atom. The predicted octanol–water partition coefficient (Wildman–Crippen LogP) is 5.45. The SMILES string of the molecule is O=C(NC1CCCCC1)C(Nc1cccc(C(F)(F)F)c1)c1ccccc1F. The van der Waals surface area contributed by atoms with Gasteiger partial charge in [-0.05, 0) is 37.1 Å². The van der Waals surface area contributed by atoms with Gasteiger partial charge in [-0.2, -0.15) is 13.2 Å². The van der Waals surface area contributed by atoms with Gasteiger partial charge in [0.2, 0.25) is 5.91 Å². The fourth-order valence-corrected chi connectivity index (χ4v) is 3.48. The molecule has 0 saturated heterocycles. The normalized spacial score (nSPS) is 16.4. The fraction of sp³-hybridized carbons (Fsp3) is 0.381. The number of nitrogens with one attached hydrogen (secondary N) is 2. The monoisotopic (exact) mass is 394 g/mol. The first-order valence-corrected chi connectivity index (χ1v) is 9.33. The van der Waals surface area contributed by atoms with Crippen molar-refractivity contribution in [3.8, 4) is 0 Å². The summed E-state index contributed by atoms with van der Waals surface area (Å²) in [6, 6.07) is 9.19. The molecule has 7 heteroatoms. The molecular formula is C21H22F4N2O. The number of benzene rings is 2. The van der Waals surface area contributed by atoms with Gasteiger partial charge in [0.15, 0.2) is 0 Å². The average Bonchev–Trinajstić information content (AvgIpc) is 2.67. The highest BCUT2D eigenvalue weighted by molar-refractivity contribution is 5.86. The molecule has 0 aliphatic heterocycles. The Hall–Kier alpha value is -2.57. The minimum absolute atomic E-state index is 0.00108. The van der Waals surface area contributed by atoms with E-state index in [1.807, 2.05) is 0 Å². The van der Waals surface area contributed by atoms with Gasteiger partial charge in [0.05, 0.1) is 5.56 Å². The van der Waals surface area contributed by atoms with E-state index < -0.39 is 29.5 Å². The van der Waals surface area contributed by atoms with Gasteiger partial charge in [-0.1, -0.05) is 43.5 Å². The number of amides is 1. The van der Waals surface area contributed by atoms with Gasteiger partial charge in [-0.3, -0.25) is 4.79 Å². The number of hydrogen-bond donors (Lipinski definition) is 2. The van der Waals surface area contributed by atoms with Gasteiger partial charge >= 0.3 is 6.18 Å². The van der Waals surface area contributed by atoms with Crippen molar-refractivity contribution in [2.75, 3.05) is 5.32 Å². The zero-order chi connectivity index (χ0) is 20.1. The summed E-state index contributed by atoms with van der Waals surface area (Å²) in [6.07, 6.45) is 0.326. The van der Waals surface area contributed by atoms with Crippen molar-refractivity contribution >= 4 is 11.6 Å². The van der Waals surface area contributed by atoms with Crippen molar-refractivity contribution in [3.05, 3.63) is 65.5 Å². The first-order valence-electron chi connectivity index (χ1n) is 9.33. The topological polar surface area (TPSA) is 41.1 Å². The van der Waals surface area contributed by atoms with Crippen molar-refractivity contribution in [3.63, 3.8) is 0 Å². The molecule has 2 N–H and O–H groups in total. The molecule has 1 amide bonds. The Morgan fingerprint density at radius 3 is 2.39 bits per heavy atom. The van der Waals surface area contributed by atoms with Crippen LogP contribution in [0, 0.1) is 5.82 Å². The van der Waals surface area contributed by atoms with Gasteiger partial charge in [0, 0.05) is 17.3 Å². The molecule has 3 nitrogen and oxygen atoms in total. The molecular weight excluding hydrogens is 372 g/mol. The molecule has 0 bridgehead atoms. The molecule has 0 aromatic heterocycles. The summed E-state index contributed by atoms with van der Waals surface area (Å²) in [7, 11) is 0. The van der Waals surface area contributed by atoms with Gasteiger partial charge in [-0.15, -0.1) is 0 Å². The lowest BCUT2D eigenvalue weighted by molar-refractivity contribution is -0.137. The molecule has 2 aromatic rings. The summed E-state index contributed by atoms with van der Waals surface area (Å²) in [5.74, 6) is -1.04. The van der Waals surface area contributed by atoms with Crippen LogP contribution in [0.4, 0.5) is 23.2 Å². The molecule has 0 spiro atoms. The maximum Gasteiger partial charge on any atom is 0.416 e. The van der Waals surface area contributed by atoms with Gasteiger partial charge in [0.1, 0.15) is 11.9 Å². The molecule has 0 heterocycles. The summed E-state index contributed by atoms with van der Waals surface area (Å²) in [5.41, 5.74) is -0.646. The van der Waals surface area contributed by atoms with Crippen molar-refractivity contribution in [1.29, 1.82) is 0 Å². The largest absolute Gasteiger partial charge is 0.416 e. The first-order chi connectivity index (χ1) is 13.3. The maximum atomic E-state index is 14.3. The maximum absolute atomic E-state index is 14.3. The lowest BCUT2D eigenvalue weighted by atomic mass is 9.95. The number of alkyl halides is 3. The van der Waals surface area contributed by atoms with E-state index in [1.54, 1.807) is 6.07 Å². The predicted molar refractivity (Wildman–Crippen MR) is 99.2 cm³/mol. The molecule has 28 heavy (non-hydrogen) atoms. The van der Waals surface area contributed by atoms with Crippen LogP contribution in [0.5, 0.6) is 0 Å². The Bertz CT molecular complexity index is 816. The van der Waals surface area contributed by atoms with Crippen LogP contribution in [0.3, 0.4) is 0 Å². The van der Waals surface area contributed by atoms with Crippen LogP contribution in [0.1, 0.15) is 49.3 Å². The lowest BCUT2D eigenvalue weighted by Gasteiger charge is -2.27. The second-order valence-electron chi connectivity index (χ2n) is 7.02. The van der Waals surface area contributed by atoms with Crippen molar-refractivity contribution in [1.82, 2.24) is 5.32 Å². The number of halogens is 4. The highest BCUT2D eigenvalue weighted by Crippen LogP contribution is 2.32. The zero-order valence-corrected chi connectivity index (χ0v) is 15.2. The van der Waals surface area contributed by atoms with Crippen LogP contribution in [0.2, 0.25) is 0 Å². The van der Waals surface area contributed by atoms with Crippen molar-refractivity contribution in [2.45, 2.75) is 50.4 Å². The summed E-state index contributed by atoms with van der Waals surface area (Å²) >= 11 is 0. The van der Waals surface area contributed by atoms with E-state index in [-0.39, 0.29) is 17.3 Å². The van der Waals surface area contributed by atoms with E-state index in [9.17, 15) is 22.4 Å². The van der Waals surface area contributed by atoms with Crippen LogP contribution in [-0.4, -0.2) is 11.9 Å². The minimum atomic E-state index is -4.50. The number of anilines is 1. The zero-order valence-electron chi connectivity index (χ0n) is 15.2. The van der Waals surface area contributed by atoms with Crippen LogP contribution >= 0.6 is 0 Å². The van der Waals surface area contributed by atoms with E-state index >= 15 is 0 Å². The third-order valence-electron chi connectivity index (χ3n) is 4.93. The number of carbonyl (C=O) groups excluding carboxylic acids is 1. The third kappa shape index (κ3) is 5.03. The first kappa shape index (κ1) is 20.2. The van der Waals surface area contributed by atoms with E-state index in [4.69, 9.17) is 0 Å². The minimum Gasteiger partial charge on any atom is -0.370 e. The molecule has 1 saturated carbocycles. The highest BCUT2D eigenvalue weighted by Gasteiger charge is 2.31. The Balaban J connectivity index is 1.86. The molecule has 0 radical (unpaired) electrons. The molecule has 1 unspecified atom stereocenters. The van der Waals surface area contributed by atoms with E-state index in [0.29, 0.717) is 0 Å². The number of rotatable bonds is 5. The van der Waals surface area contributed by atoms with Crippen molar-refractivity contribution < 1.29 is 22.4 Å². The van der Waals surface area contributed by atoms with E-state index in [2.05, 4.69) is 10.6 Å². The Morgan fingerprint density at radius 2 is 1.71 bits per heavy atom. The van der Waals surface area contributed by atoms with Crippen LogP contribution < -0.4 is 10.6 Å². The third-order valence-corrected chi connectivity index (χ3v) is 4.93. The molecule has 150 valence electrons. The standard InChI is InChI=1S/C21H22F4N2O/c22-18-12-5-4-11-17(18)19(20(28)27-15-8-2-1-3-9-15)26-16-10-6-7-14(13-16)21(23,24)25/h4-7,10-13,15,19,26H,1-3,8-9H2,(H,27,28). The quantitative estimate of drug-likeness (QED) is 0.663. The molecule has 2 aromatic carbocycles. The summed E-state index contributed by atoms with van der Waals surface area (Å²) < 4.78 is 53.3. The van der Waals surface area contributed by atoms with Crippen LogP contribution in [-0.2, 0) is 11.0 Å². The summed E-state index contributed by atoms with van der Waals surface area (Å²) in [5, 5.41) is 5.71. The Labute approximate surface area is 161 Å².